The van der Waals surface area contributed by atoms with E-state index in [1.54, 1.807) is 12.1 Å². The van der Waals surface area contributed by atoms with Crippen LogP contribution in [0.3, 0.4) is 0 Å². The highest BCUT2D eigenvalue weighted by Crippen LogP contribution is 2.26. The summed E-state index contributed by atoms with van der Waals surface area (Å²) in [5.41, 5.74) is 1.03. The van der Waals surface area contributed by atoms with Crippen LogP contribution >= 0.6 is 11.6 Å². The Bertz CT molecular complexity index is 301. The summed E-state index contributed by atoms with van der Waals surface area (Å²) in [6, 6.07) is 5.31. The Kier molecular flexibility index (Phi) is 4.23. The Hall–Kier alpha value is -0.730. The van der Waals surface area contributed by atoms with Gasteiger partial charge in [-0.25, -0.2) is 0 Å². The third kappa shape index (κ3) is 2.89. The lowest BCUT2D eigenvalue weighted by Crippen LogP contribution is -2.19. The molecule has 0 aliphatic rings. The molecule has 0 aromatic heterocycles. The van der Waals surface area contributed by atoms with Crippen LogP contribution in [0.15, 0.2) is 18.2 Å². The highest BCUT2D eigenvalue weighted by molar-refractivity contribution is 6.31. The molecule has 0 bridgehead atoms. The molecule has 0 saturated carbocycles. The van der Waals surface area contributed by atoms with E-state index >= 15 is 0 Å². The second-order valence-electron chi connectivity index (χ2n) is 3.38. The fourth-order valence-corrected chi connectivity index (χ4v) is 1.68. The van der Waals surface area contributed by atoms with Crippen molar-refractivity contribution in [3.63, 3.8) is 0 Å². The van der Waals surface area contributed by atoms with E-state index in [4.69, 9.17) is 11.6 Å². The van der Waals surface area contributed by atoms with Gasteiger partial charge >= 0.3 is 0 Å². The number of phenols is 1. The van der Waals surface area contributed by atoms with Crippen molar-refractivity contribution in [1.29, 1.82) is 0 Å². The van der Waals surface area contributed by atoms with Gasteiger partial charge in [0.1, 0.15) is 5.75 Å². The Morgan fingerprint density at radius 3 is 2.79 bits per heavy atom. The summed E-state index contributed by atoms with van der Waals surface area (Å²) in [5.74, 6) is 0.210. The van der Waals surface area contributed by atoms with Crippen LogP contribution in [0.4, 0.5) is 0 Å². The lowest BCUT2D eigenvalue weighted by Gasteiger charge is -2.15. The maximum atomic E-state index is 9.19. The molecule has 2 N–H and O–H groups in total. The fourth-order valence-electron chi connectivity index (χ4n) is 1.34. The van der Waals surface area contributed by atoms with E-state index in [0.717, 1.165) is 18.5 Å². The van der Waals surface area contributed by atoms with Crippen LogP contribution in [0.5, 0.6) is 5.75 Å². The van der Waals surface area contributed by atoms with E-state index in [2.05, 4.69) is 19.2 Å². The minimum Gasteiger partial charge on any atom is -0.508 e. The maximum absolute atomic E-state index is 9.19. The average molecular weight is 214 g/mol. The van der Waals surface area contributed by atoms with Crippen LogP contribution in [0.1, 0.15) is 31.9 Å². The topological polar surface area (TPSA) is 32.3 Å². The van der Waals surface area contributed by atoms with Crippen molar-refractivity contribution < 1.29 is 5.11 Å². The van der Waals surface area contributed by atoms with E-state index in [9.17, 15) is 5.11 Å². The van der Waals surface area contributed by atoms with Crippen molar-refractivity contribution in [1.82, 2.24) is 5.32 Å². The van der Waals surface area contributed by atoms with Gasteiger partial charge in [0.2, 0.25) is 0 Å². The molecule has 0 spiro atoms. The van der Waals surface area contributed by atoms with Gasteiger partial charge in [0.05, 0.1) is 0 Å². The van der Waals surface area contributed by atoms with Crippen LogP contribution in [0.25, 0.3) is 0 Å². The highest BCUT2D eigenvalue weighted by Gasteiger charge is 2.08. The van der Waals surface area contributed by atoms with Crippen molar-refractivity contribution in [2.24, 2.45) is 0 Å². The summed E-state index contributed by atoms with van der Waals surface area (Å²) in [5, 5.41) is 13.1. The second kappa shape index (κ2) is 5.23. The molecule has 2 nitrogen and oxygen atoms in total. The van der Waals surface area contributed by atoms with Crippen molar-refractivity contribution in [3.05, 3.63) is 28.8 Å². The molecule has 1 aromatic rings. The number of phenolic OH excluding ortho intramolecular Hbond substituents is 1. The van der Waals surface area contributed by atoms with Crippen LogP contribution < -0.4 is 5.32 Å². The van der Waals surface area contributed by atoms with Crippen LogP contribution in [0, 0.1) is 0 Å². The summed E-state index contributed by atoms with van der Waals surface area (Å²) < 4.78 is 0. The summed E-state index contributed by atoms with van der Waals surface area (Å²) in [6.45, 7) is 5.16. The van der Waals surface area contributed by atoms with Crippen molar-refractivity contribution in [2.75, 3.05) is 6.54 Å². The number of benzene rings is 1. The summed E-state index contributed by atoms with van der Waals surface area (Å²) in [4.78, 5) is 0. The van der Waals surface area contributed by atoms with E-state index in [0.29, 0.717) is 5.02 Å². The zero-order valence-electron chi connectivity index (χ0n) is 8.55. The van der Waals surface area contributed by atoms with Crippen molar-refractivity contribution in [2.45, 2.75) is 26.3 Å². The van der Waals surface area contributed by atoms with Gasteiger partial charge in [-0.1, -0.05) is 24.6 Å². The van der Waals surface area contributed by atoms with Crippen molar-refractivity contribution >= 4 is 11.6 Å². The average Bonchev–Trinajstić information content (AvgIpc) is 2.14. The first-order valence-corrected chi connectivity index (χ1v) is 5.24. The van der Waals surface area contributed by atoms with E-state index in [1.165, 1.54) is 0 Å². The minimum absolute atomic E-state index is 0.210. The first kappa shape index (κ1) is 11.3. The predicted molar refractivity (Wildman–Crippen MR) is 59.8 cm³/mol. The largest absolute Gasteiger partial charge is 0.508 e. The number of aromatic hydroxyl groups is 1. The molecule has 0 radical (unpaired) electrons. The predicted octanol–water partition coefficient (Wildman–Crippen LogP) is 3.11. The Morgan fingerprint density at radius 2 is 2.21 bits per heavy atom. The van der Waals surface area contributed by atoms with E-state index in [1.807, 2.05) is 6.07 Å². The molecule has 3 heteroatoms. The number of nitrogens with one attached hydrogen (secondary N) is 1. The SMILES string of the molecule is CCCNC(C)c1ccc(O)cc1Cl. The summed E-state index contributed by atoms with van der Waals surface area (Å²) >= 11 is 6.00. The molecule has 1 unspecified atom stereocenters. The van der Waals surface area contributed by atoms with Gasteiger partial charge in [-0.05, 0) is 37.6 Å². The summed E-state index contributed by atoms with van der Waals surface area (Å²) in [6.07, 6.45) is 1.10. The number of halogens is 1. The second-order valence-corrected chi connectivity index (χ2v) is 3.79. The molecule has 0 amide bonds. The maximum Gasteiger partial charge on any atom is 0.117 e. The lowest BCUT2D eigenvalue weighted by atomic mass is 10.1. The number of rotatable bonds is 4. The first-order valence-electron chi connectivity index (χ1n) is 4.87. The zero-order valence-corrected chi connectivity index (χ0v) is 9.30. The molecule has 78 valence electrons. The van der Waals surface area contributed by atoms with Gasteiger partial charge in [-0.2, -0.15) is 0 Å². The van der Waals surface area contributed by atoms with Crippen LogP contribution in [-0.2, 0) is 0 Å². The standard InChI is InChI=1S/C11H16ClNO/c1-3-6-13-8(2)10-5-4-9(14)7-11(10)12/h4-5,7-8,13-14H,3,6H2,1-2H3. The van der Waals surface area contributed by atoms with Gasteiger partial charge < -0.3 is 10.4 Å². The van der Waals surface area contributed by atoms with Gasteiger partial charge in [0.25, 0.3) is 0 Å². The fraction of sp³-hybridized carbons (Fsp3) is 0.455. The smallest absolute Gasteiger partial charge is 0.117 e. The van der Waals surface area contributed by atoms with Crippen LogP contribution in [-0.4, -0.2) is 11.7 Å². The molecule has 14 heavy (non-hydrogen) atoms. The van der Waals surface area contributed by atoms with Gasteiger partial charge in [-0.15, -0.1) is 0 Å². The van der Waals surface area contributed by atoms with Gasteiger partial charge in [0, 0.05) is 11.1 Å². The molecule has 1 aromatic carbocycles. The van der Waals surface area contributed by atoms with Gasteiger partial charge in [0.15, 0.2) is 0 Å². The van der Waals surface area contributed by atoms with Crippen LogP contribution in [0.2, 0.25) is 5.02 Å². The molecule has 0 fully saturated rings. The molecule has 1 atom stereocenters. The number of hydrogen-bond acceptors (Lipinski definition) is 2. The third-order valence-corrected chi connectivity index (χ3v) is 2.48. The monoisotopic (exact) mass is 213 g/mol. The third-order valence-electron chi connectivity index (χ3n) is 2.15. The molecule has 0 heterocycles. The lowest BCUT2D eigenvalue weighted by molar-refractivity contribution is 0.474. The summed E-state index contributed by atoms with van der Waals surface area (Å²) in [7, 11) is 0. The molecular formula is C11H16ClNO. The molecule has 0 saturated heterocycles. The molecule has 1 rings (SSSR count). The van der Waals surface area contributed by atoms with Crippen molar-refractivity contribution in [3.8, 4) is 5.75 Å². The molecular weight excluding hydrogens is 198 g/mol. The first-order chi connectivity index (χ1) is 6.65. The minimum atomic E-state index is 0.210. The zero-order chi connectivity index (χ0) is 10.6. The highest BCUT2D eigenvalue weighted by atomic mass is 35.5. The number of hydrogen-bond donors (Lipinski definition) is 2. The van der Waals surface area contributed by atoms with E-state index < -0.39 is 0 Å². The Morgan fingerprint density at radius 1 is 1.50 bits per heavy atom. The Balaban J connectivity index is 2.74. The molecule has 0 aliphatic carbocycles. The van der Waals surface area contributed by atoms with E-state index in [-0.39, 0.29) is 11.8 Å². The Labute approximate surface area is 89.9 Å². The quantitative estimate of drug-likeness (QED) is 0.806. The molecule has 0 aliphatic heterocycles. The van der Waals surface area contributed by atoms with Gasteiger partial charge in [-0.3, -0.25) is 0 Å². The normalized spacial score (nSPS) is 12.8.